The number of nitriles is 1. The number of benzene rings is 1. The highest BCUT2D eigenvalue weighted by Gasteiger charge is 2.20. The molecule has 4 heteroatoms. The van der Waals surface area contributed by atoms with Gasteiger partial charge in [-0.25, -0.2) is 0 Å². The Balaban J connectivity index is 1.69. The molecule has 1 aliphatic heterocycles. The van der Waals surface area contributed by atoms with E-state index in [0.29, 0.717) is 24.0 Å². The Bertz CT molecular complexity index is 656. The van der Waals surface area contributed by atoms with Crippen molar-refractivity contribution < 1.29 is 9.15 Å². The molecule has 2 aromatic rings. The number of likely N-dealkylation sites (tertiary alicyclic amines) is 1. The zero-order valence-electron chi connectivity index (χ0n) is 12.3. The molecular weight excluding hydrogens is 264 g/mol. The van der Waals surface area contributed by atoms with Crippen molar-refractivity contribution in [3.8, 4) is 11.8 Å². The molecule has 1 atom stereocenters. The number of para-hydroxylation sites is 1. The van der Waals surface area contributed by atoms with Gasteiger partial charge < -0.3 is 14.1 Å². The summed E-state index contributed by atoms with van der Waals surface area (Å²) in [6, 6.07) is 10.3. The summed E-state index contributed by atoms with van der Waals surface area (Å²) in [5, 5.41) is 10.1. The van der Waals surface area contributed by atoms with Crippen LogP contribution in [-0.4, -0.2) is 31.1 Å². The summed E-state index contributed by atoms with van der Waals surface area (Å²) in [7, 11) is 2.18. The summed E-state index contributed by atoms with van der Waals surface area (Å²) in [6.07, 6.45) is 4.81. The second-order valence-electron chi connectivity index (χ2n) is 5.64. The molecule has 110 valence electrons. The van der Waals surface area contributed by atoms with Crippen molar-refractivity contribution in [3.63, 3.8) is 0 Å². The highest BCUT2D eigenvalue weighted by molar-refractivity contribution is 5.86. The number of ether oxygens (including phenoxy) is 1. The van der Waals surface area contributed by atoms with Gasteiger partial charge in [-0.1, -0.05) is 18.6 Å². The molecule has 0 radical (unpaired) electrons. The first-order valence-electron chi connectivity index (χ1n) is 7.54. The summed E-state index contributed by atoms with van der Waals surface area (Å²) >= 11 is 0. The third-order valence-corrected chi connectivity index (χ3v) is 4.27. The quantitative estimate of drug-likeness (QED) is 0.861. The fraction of sp³-hybridized carbons (Fsp3) is 0.471. The predicted octanol–water partition coefficient (Wildman–Crippen LogP) is 3.56. The van der Waals surface area contributed by atoms with E-state index in [1.54, 1.807) is 0 Å². The van der Waals surface area contributed by atoms with Gasteiger partial charge in [0, 0.05) is 6.04 Å². The average Bonchev–Trinajstić information content (AvgIpc) is 2.87. The van der Waals surface area contributed by atoms with Crippen LogP contribution in [0.15, 0.2) is 28.7 Å². The Morgan fingerprint density at radius 2 is 2.24 bits per heavy atom. The van der Waals surface area contributed by atoms with Crippen LogP contribution in [0.1, 0.15) is 31.4 Å². The van der Waals surface area contributed by atoms with Crippen LogP contribution in [0.4, 0.5) is 0 Å². The highest BCUT2D eigenvalue weighted by Crippen LogP contribution is 2.32. The van der Waals surface area contributed by atoms with Gasteiger partial charge in [0.2, 0.25) is 5.76 Å². The fourth-order valence-corrected chi connectivity index (χ4v) is 3.04. The fourth-order valence-electron chi connectivity index (χ4n) is 3.04. The van der Waals surface area contributed by atoms with E-state index in [1.807, 2.05) is 24.3 Å². The van der Waals surface area contributed by atoms with Crippen LogP contribution < -0.4 is 4.74 Å². The van der Waals surface area contributed by atoms with Crippen LogP contribution in [0, 0.1) is 11.3 Å². The van der Waals surface area contributed by atoms with Gasteiger partial charge in [0.15, 0.2) is 5.75 Å². The number of fused-ring (bicyclic) bond motifs is 1. The van der Waals surface area contributed by atoms with Gasteiger partial charge in [0.05, 0.1) is 12.0 Å². The molecule has 4 nitrogen and oxygen atoms in total. The molecule has 1 aliphatic rings. The summed E-state index contributed by atoms with van der Waals surface area (Å²) in [5.41, 5.74) is 0.707. The zero-order chi connectivity index (χ0) is 14.7. The molecule has 0 N–H and O–H groups in total. The SMILES string of the molecule is CN1CCCCC1CCOc1c(C#N)oc2ccccc12. The van der Waals surface area contributed by atoms with E-state index in [0.717, 1.165) is 11.8 Å². The number of furan rings is 1. The molecule has 1 aromatic carbocycles. The zero-order valence-corrected chi connectivity index (χ0v) is 12.3. The van der Waals surface area contributed by atoms with E-state index >= 15 is 0 Å². The van der Waals surface area contributed by atoms with Crippen LogP contribution in [0.5, 0.6) is 5.75 Å². The normalized spacial score (nSPS) is 19.5. The molecule has 0 saturated carbocycles. The minimum Gasteiger partial charge on any atom is -0.488 e. The molecule has 2 heterocycles. The van der Waals surface area contributed by atoms with Crippen LogP contribution in [0.3, 0.4) is 0 Å². The molecule has 3 rings (SSSR count). The smallest absolute Gasteiger partial charge is 0.246 e. The second kappa shape index (κ2) is 6.19. The third-order valence-electron chi connectivity index (χ3n) is 4.27. The maximum Gasteiger partial charge on any atom is 0.246 e. The van der Waals surface area contributed by atoms with Gasteiger partial charge in [-0.3, -0.25) is 0 Å². The minimum atomic E-state index is 0.271. The lowest BCUT2D eigenvalue weighted by Gasteiger charge is -2.32. The highest BCUT2D eigenvalue weighted by atomic mass is 16.5. The summed E-state index contributed by atoms with van der Waals surface area (Å²) in [4.78, 5) is 2.41. The Hall–Kier alpha value is -1.99. The molecular formula is C17H20N2O2. The first-order valence-corrected chi connectivity index (χ1v) is 7.54. The number of piperidine rings is 1. The van der Waals surface area contributed by atoms with Crippen LogP contribution in [0.2, 0.25) is 0 Å². The minimum absolute atomic E-state index is 0.271. The number of hydrogen-bond donors (Lipinski definition) is 0. The Kier molecular flexibility index (Phi) is 4.12. The lowest BCUT2D eigenvalue weighted by Crippen LogP contribution is -2.37. The van der Waals surface area contributed by atoms with E-state index in [2.05, 4.69) is 18.0 Å². The van der Waals surface area contributed by atoms with Crippen molar-refractivity contribution in [2.24, 2.45) is 0 Å². The number of rotatable bonds is 4. The Labute approximate surface area is 124 Å². The van der Waals surface area contributed by atoms with Crippen molar-refractivity contribution in [1.82, 2.24) is 4.90 Å². The monoisotopic (exact) mass is 284 g/mol. The molecule has 21 heavy (non-hydrogen) atoms. The van der Waals surface area contributed by atoms with Crippen molar-refractivity contribution in [1.29, 1.82) is 5.26 Å². The summed E-state index contributed by atoms with van der Waals surface area (Å²) < 4.78 is 11.4. The summed E-state index contributed by atoms with van der Waals surface area (Å²) in [5.74, 6) is 0.861. The second-order valence-corrected chi connectivity index (χ2v) is 5.64. The number of hydrogen-bond acceptors (Lipinski definition) is 4. The molecule has 0 amide bonds. The van der Waals surface area contributed by atoms with Gasteiger partial charge in [-0.15, -0.1) is 0 Å². The Morgan fingerprint density at radius 1 is 1.38 bits per heavy atom. The first-order chi connectivity index (χ1) is 10.3. The summed E-state index contributed by atoms with van der Waals surface area (Å²) in [6.45, 7) is 1.79. The van der Waals surface area contributed by atoms with E-state index in [4.69, 9.17) is 9.15 Å². The van der Waals surface area contributed by atoms with Gasteiger partial charge in [0.25, 0.3) is 0 Å². The standard InChI is InChI=1S/C17H20N2O2/c1-19-10-5-4-6-13(19)9-11-20-17-14-7-2-3-8-15(14)21-16(17)12-18/h2-3,7-8,13H,4-6,9-11H2,1H3. The van der Waals surface area contributed by atoms with Crippen molar-refractivity contribution in [3.05, 3.63) is 30.0 Å². The molecule has 1 unspecified atom stereocenters. The van der Waals surface area contributed by atoms with E-state index in [9.17, 15) is 5.26 Å². The molecule has 0 aliphatic carbocycles. The van der Waals surface area contributed by atoms with Crippen molar-refractivity contribution >= 4 is 11.0 Å². The lowest BCUT2D eigenvalue weighted by atomic mass is 10.0. The largest absolute Gasteiger partial charge is 0.488 e. The first kappa shape index (κ1) is 14.0. The van der Waals surface area contributed by atoms with Crippen LogP contribution in [0.25, 0.3) is 11.0 Å². The van der Waals surface area contributed by atoms with Crippen LogP contribution in [-0.2, 0) is 0 Å². The molecule has 0 bridgehead atoms. The average molecular weight is 284 g/mol. The third kappa shape index (κ3) is 2.88. The molecule has 1 fully saturated rings. The molecule has 1 aromatic heterocycles. The van der Waals surface area contributed by atoms with Gasteiger partial charge >= 0.3 is 0 Å². The van der Waals surface area contributed by atoms with E-state index in [-0.39, 0.29) is 5.76 Å². The van der Waals surface area contributed by atoms with Gasteiger partial charge in [0.1, 0.15) is 11.7 Å². The van der Waals surface area contributed by atoms with Crippen molar-refractivity contribution in [2.45, 2.75) is 31.7 Å². The molecule has 0 spiro atoms. The topological polar surface area (TPSA) is 49.4 Å². The van der Waals surface area contributed by atoms with E-state index in [1.165, 1.54) is 25.8 Å². The van der Waals surface area contributed by atoms with Crippen LogP contribution >= 0.6 is 0 Å². The van der Waals surface area contributed by atoms with E-state index < -0.39 is 0 Å². The maximum absolute atomic E-state index is 9.18. The van der Waals surface area contributed by atoms with Crippen molar-refractivity contribution in [2.75, 3.05) is 20.2 Å². The number of nitrogens with zero attached hydrogens (tertiary/aromatic N) is 2. The maximum atomic E-state index is 9.18. The van der Waals surface area contributed by atoms with Gasteiger partial charge in [-0.05, 0) is 45.0 Å². The van der Waals surface area contributed by atoms with Gasteiger partial charge in [-0.2, -0.15) is 5.26 Å². The Morgan fingerprint density at radius 3 is 3.05 bits per heavy atom. The predicted molar refractivity (Wildman–Crippen MR) is 81.3 cm³/mol. The molecule has 1 saturated heterocycles. The lowest BCUT2D eigenvalue weighted by molar-refractivity contribution is 0.153.